The number of para-hydroxylation sites is 1. The third-order valence-electron chi connectivity index (χ3n) is 6.52. The Labute approximate surface area is 231 Å². The van der Waals surface area contributed by atoms with Crippen LogP contribution in [-0.4, -0.2) is 43.2 Å². The first kappa shape index (κ1) is 25.0. The van der Waals surface area contributed by atoms with Crippen LogP contribution in [-0.2, 0) is 25.9 Å². The number of carbonyl (C=O) groups is 2. The molecule has 1 aliphatic heterocycles. The molecule has 0 radical (unpaired) electrons. The number of carboxylic acid groups (broad SMARTS) is 1. The van der Waals surface area contributed by atoms with Gasteiger partial charge in [-0.25, -0.2) is 14.8 Å². The minimum absolute atomic E-state index is 0.126. The third-order valence-corrected chi connectivity index (χ3v) is 8.63. The Morgan fingerprint density at radius 3 is 2.82 bits per heavy atom. The molecule has 5 aromatic rings. The summed E-state index contributed by atoms with van der Waals surface area (Å²) in [4.78, 5) is 40.6. The molecule has 12 heteroatoms. The van der Waals surface area contributed by atoms with Gasteiger partial charge >= 0.3 is 6.16 Å². The summed E-state index contributed by atoms with van der Waals surface area (Å²) in [5, 5.41) is 13.5. The molecule has 1 aliphatic rings. The van der Waals surface area contributed by atoms with Crippen molar-refractivity contribution in [3.63, 3.8) is 0 Å². The van der Waals surface area contributed by atoms with Gasteiger partial charge in [0.25, 0.3) is 5.91 Å². The molecule has 1 amide bonds. The Balaban J connectivity index is 1.21. The highest BCUT2D eigenvalue weighted by atomic mass is 32.1. The molecule has 198 valence electrons. The number of aryl methyl sites for hydroxylation is 2. The quantitative estimate of drug-likeness (QED) is 0.240. The summed E-state index contributed by atoms with van der Waals surface area (Å²) in [6, 6.07) is 13.6. The van der Waals surface area contributed by atoms with Crippen LogP contribution >= 0.6 is 22.7 Å². The Hall–Kier alpha value is -4.29. The number of benzene rings is 2. The van der Waals surface area contributed by atoms with Crippen molar-refractivity contribution in [2.75, 3.05) is 16.8 Å². The number of hydrogen-bond acceptors (Lipinski definition) is 9. The molecule has 0 saturated heterocycles. The summed E-state index contributed by atoms with van der Waals surface area (Å²) in [7, 11) is 0. The van der Waals surface area contributed by atoms with Gasteiger partial charge in [-0.05, 0) is 48.6 Å². The molecule has 0 spiro atoms. The monoisotopic (exact) mass is 560 g/mol. The number of rotatable bonds is 8. The molecule has 0 atom stereocenters. The lowest BCUT2D eigenvalue weighted by Crippen LogP contribution is -2.32. The Morgan fingerprint density at radius 2 is 2.00 bits per heavy atom. The van der Waals surface area contributed by atoms with Gasteiger partial charge in [0.05, 0.1) is 21.4 Å². The van der Waals surface area contributed by atoms with Crippen LogP contribution in [0.5, 0.6) is 5.88 Å². The number of carbonyl (C=O) groups excluding carboxylic acids is 1. The van der Waals surface area contributed by atoms with Gasteiger partial charge in [0.2, 0.25) is 5.88 Å². The molecule has 6 rings (SSSR count). The van der Waals surface area contributed by atoms with Crippen LogP contribution in [0.4, 0.5) is 15.1 Å². The summed E-state index contributed by atoms with van der Waals surface area (Å²) >= 11 is 2.87. The van der Waals surface area contributed by atoms with Crippen molar-refractivity contribution in [2.24, 2.45) is 0 Å². The van der Waals surface area contributed by atoms with Crippen LogP contribution in [0.25, 0.3) is 10.2 Å². The number of hydrogen-bond donors (Lipinski definition) is 2. The van der Waals surface area contributed by atoms with Crippen molar-refractivity contribution in [3.8, 4) is 5.88 Å². The number of nitrogens with zero attached hydrogens (tertiary/aromatic N) is 5. The second-order valence-corrected chi connectivity index (χ2v) is 11.1. The van der Waals surface area contributed by atoms with Gasteiger partial charge in [-0.1, -0.05) is 46.9 Å². The average molecular weight is 561 g/mol. The molecule has 3 aromatic heterocycles. The van der Waals surface area contributed by atoms with Crippen molar-refractivity contribution in [2.45, 2.75) is 32.4 Å². The fraction of sp³-hybridized carbons (Fsp3) is 0.222. The first-order valence-corrected chi connectivity index (χ1v) is 14.1. The van der Waals surface area contributed by atoms with E-state index in [1.807, 2.05) is 53.2 Å². The van der Waals surface area contributed by atoms with Crippen molar-refractivity contribution in [3.05, 3.63) is 82.8 Å². The predicted molar refractivity (Wildman–Crippen MR) is 150 cm³/mol. The molecular formula is C27H24N6O4S2. The van der Waals surface area contributed by atoms with Crippen LogP contribution in [0.1, 0.15) is 32.8 Å². The number of imidazole rings is 1. The lowest BCUT2D eigenvalue weighted by molar-refractivity contribution is 0.102. The summed E-state index contributed by atoms with van der Waals surface area (Å²) in [5.74, 6) is -0.0808. The van der Waals surface area contributed by atoms with E-state index in [1.54, 1.807) is 12.5 Å². The highest BCUT2D eigenvalue weighted by Crippen LogP contribution is 2.36. The Bertz CT molecular complexity index is 1610. The average Bonchev–Trinajstić information content (AvgIpc) is 3.68. The molecular weight excluding hydrogens is 536 g/mol. The van der Waals surface area contributed by atoms with E-state index >= 15 is 0 Å². The van der Waals surface area contributed by atoms with Gasteiger partial charge in [-0.15, -0.1) is 0 Å². The molecule has 10 nitrogen and oxygen atoms in total. The lowest BCUT2D eigenvalue weighted by Gasteiger charge is -2.29. The minimum Gasteiger partial charge on any atom is -0.449 e. The Kier molecular flexibility index (Phi) is 6.95. The highest BCUT2D eigenvalue weighted by Gasteiger charge is 2.26. The molecule has 0 aliphatic carbocycles. The number of anilines is 2. The van der Waals surface area contributed by atoms with E-state index in [4.69, 9.17) is 4.74 Å². The number of ether oxygens (including phenoxy) is 1. The number of nitrogens with one attached hydrogen (secondary N) is 1. The van der Waals surface area contributed by atoms with E-state index in [1.165, 1.54) is 22.7 Å². The zero-order chi connectivity index (χ0) is 26.8. The van der Waals surface area contributed by atoms with Crippen LogP contribution in [0.15, 0.2) is 61.2 Å². The van der Waals surface area contributed by atoms with E-state index in [0.29, 0.717) is 35.3 Å². The maximum Gasteiger partial charge on any atom is 0.512 e. The van der Waals surface area contributed by atoms with Crippen molar-refractivity contribution in [1.29, 1.82) is 0 Å². The molecule has 0 saturated carbocycles. The molecule has 2 N–H and O–H groups in total. The molecule has 0 unspecified atom stereocenters. The van der Waals surface area contributed by atoms with Gasteiger partial charge in [0.1, 0.15) is 0 Å². The zero-order valence-electron chi connectivity index (χ0n) is 20.7. The number of amides is 1. The van der Waals surface area contributed by atoms with Gasteiger partial charge in [0, 0.05) is 37.6 Å². The summed E-state index contributed by atoms with van der Waals surface area (Å²) in [6.07, 6.45) is 6.13. The van der Waals surface area contributed by atoms with Gasteiger partial charge < -0.3 is 19.3 Å². The van der Waals surface area contributed by atoms with E-state index in [2.05, 4.69) is 25.2 Å². The molecule has 0 bridgehead atoms. The number of fused-ring (bicyclic) bond motifs is 2. The van der Waals surface area contributed by atoms with Crippen LogP contribution in [0.2, 0.25) is 0 Å². The third kappa shape index (κ3) is 5.47. The maximum atomic E-state index is 13.3. The molecule has 0 fully saturated rings. The van der Waals surface area contributed by atoms with Crippen molar-refractivity contribution in [1.82, 2.24) is 19.5 Å². The predicted octanol–water partition coefficient (Wildman–Crippen LogP) is 5.45. The smallest absolute Gasteiger partial charge is 0.449 e. The fourth-order valence-electron chi connectivity index (χ4n) is 4.67. The van der Waals surface area contributed by atoms with Crippen LogP contribution in [0.3, 0.4) is 0 Å². The van der Waals surface area contributed by atoms with E-state index in [9.17, 15) is 14.7 Å². The van der Waals surface area contributed by atoms with Gasteiger partial charge in [0.15, 0.2) is 10.3 Å². The summed E-state index contributed by atoms with van der Waals surface area (Å²) in [6.45, 7) is 1.93. The van der Waals surface area contributed by atoms with Crippen molar-refractivity contribution >= 4 is 55.2 Å². The number of aromatic nitrogens is 4. The highest BCUT2D eigenvalue weighted by molar-refractivity contribution is 7.22. The molecule has 39 heavy (non-hydrogen) atoms. The second kappa shape index (κ2) is 10.8. The fourth-order valence-corrected chi connectivity index (χ4v) is 6.59. The van der Waals surface area contributed by atoms with Gasteiger partial charge in [-0.3, -0.25) is 10.1 Å². The van der Waals surface area contributed by atoms with Gasteiger partial charge in [-0.2, -0.15) is 4.98 Å². The first-order chi connectivity index (χ1) is 19.0. The lowest BCUT2D eigenvalue weighted by atomic mass is 9.94. The van der Waals surface area contributed by atoms with Crippen molar-refractivity contribution < 1.29 is 19.4 Å². The Morgan fingerprint density at radius 1 is 1.10 bits per heavy atom. The first-order valence-electron chi connectivity index (χ1n) is 12.4. The summed E-state index contributed by atoms with van der Waals surface area (Å²) < 4.78 is 8.01. The van der Waals surface area contributed by atoms with E-state index in [-0.39, 0.29) is 11.8 Å². The second-order valence-electron chi connectivity index (χ2n) is 9.05. The molecule has 4 heterocycles. The minimum atomic E-state index is -1.39. The SMILES string of the molecule is O=C(O)Oc1nc(N2CCc3cccc(C(=O)Nc4nc5ccccc5s4)c3C2)sc1CCCn1ccnc1. The standard InChI is InChI=1S/C27H24N6O4S2/c34-23(30-25-29-20-7-1-2-8-21(20)38-25)18-6-3-5-17-10-13-33(15-19(17)18)26-31-24(37-27(35)36)22(39-26)9-4-12-32-14-11-28-16-32/h1-3,5-8,11,14,16H,4,9-10,12-13,15H2,(H,35,36)(H,29,30,34). The van der Waals surface area contributed by atoms with Crippen LogP contribution in [0, 0.1) is 0 Å². The van der Waals surface area contributed by atoms with E-state index < -0.39 is 6.16 Å². The summed E-state index contributed by atoms with van der Waals surface area (Å²) in [5.41, 5.74) is 3.49. The largest absolute Gasteiger partial charge is 0.512 e. The number of thiazole rings is 2. The normalized spacial score (nSPS) is 12.9. The zero-order valence-corrected chi connectivity index (χ0v) is 22.4. The molecule has 2 aromatic carbocycles. The maximum absolute atomic E-state index is 13.3. The van der Waals surface area contributed by atoms with Crippen LogP contribution < -0.4 is 15.0 Å². The van der Waals surface area contributed by atoms with E-state index in [0.717, 1.165) is 45.6 Å². The topological polar surface area (TPSA) is 122 Å².